The molecule has 15 aliphatic rings. The van der Waals surface area contributed by atoms with Gasteiger partial charge in [-0.2, -0.15) is 0 Å². The summed E-state index contributed by atoms with van der Waals surface area (Å²) >= 11 is 0. The first kappa shape index (κ1) is 61.0. The number of rotatable bonds is 5. The van der Waals surface area contributed by atoms with Crippen LogP contribution in [0.3, 0.4) is 0 Å². The molecular weight excluding hydrogens is 1530 g/mol. The first-order chi connectivity index (χ1) is 67.0. The molecule has 23 heteroatoms. The summed E-state index contributed by atoms with van der Waals surface area (Å²) in [4.78, 5) is 145. The van der Waals surface area contributed by atoms with Crippen LogP contribution in [0.4, 0.5) is 13.2 Å². The largest absolute Gasteiger partial charge is 0.332 e. The van der Waals surface area contributed by atoms with Crippen LogP contribution < -0.4 is 0 Å². The third-order valence-corrected chi connectivity index (χ3v) is 26.9. The van der Waals surface area contributed by atoms with Gasteiger partial charge in [0.15, 0.2) is 0 Å². The van der Waals surface area contributed by atoms with Crippen LogP contribution in [0.1, 0.15) is 279 Å². The summed E-state index contributed by atoms with van der Waals surface area (Å²) in [5.74, 6) is -14.2. The molecule has 5 aromatic carbocycles. The molecule has 10 fully saturated rings. The number of halogens is 3. The average Bonchev–Trinajstić information content (AvgIpc) is 0.650. The van der Waals surface area contributed by atoms with Gasteiger partial charge < -0.3 is 49.0 Å². The topological polar surface area (TPSA) is 203 Å². The van der Waals surface area contributed by atoms with Crippen molar-refractivity contribution in [3.63, 3.8) is 0 Å². The number of benzene rings is 5. The maximum atomic E-state index is 14.0. The highest BCUT2D eigenvalue weighted by molar-refractivity contribution is 5.91. The van der Waals surface area contributed by atoms with Crippen LogP contribution in [0.5, 0.6) is 0 Å². The highest BCUT2D eigenvalue weighted by Gasteiger charge is 2.48. The standard InChI is InChI=1S/C20H24F2N2O2.C20H25FN2O2.C20H26N2O2.2C19H24N2O2/c1-20(22)7-4-14(5-8-20)19(26)23-11-17-16-10-15(21)3-2-13(16)6-9-24(17)18(25)12-23;1-13-2-4-15(5-3-13)20(25)22-11-18-17-10-16(21)7-6-14(17)8-9-23(18)19(24)12-22;1-14-6-8-16(9-7-14)20(24)21-12-18-17-5-3-2-4-15(17)10-11-22(18)19(23)13-21;2*22-18-13-20(19(23)15-7-2-1-3-8-15)12-17-16-9-5-4-6-14(16)10-11-21(17)18/h2-3,10,14,17H,4-9,11-12H2,1H3;6-7,10,13,15,18H,2-5,8-9,11-12H2,1H3;2-5,14,16,18H,6-13H2,1H3;2*4-6,9,15,17H,1-3,7-8,10-13H2/i;13D;6D2,7D2,8D2,9D2,14D;1D2,2D2,3D2,7D2,8D2,15D;1D2. The van der Waals surface area contributed by atoms with Gasteiger partial charge in [-0.3, -0.25) is 47.9 Å². The Kier molecular flexibility index (Phi) is 18.8. The fourth-order valence-electron chi connectivity index (χ4n) is 20.1. The molecule has 0 spiro atoms. The van der Waals surface area contributed by atoms with Crippen LogP contribution in [0, 0.1) is 53.0 Å². The Hall–Kier alpha value is -9.41. The third-order valence-electron chi connectivity index (χ3n) is 26.9. The smallest absolute Gasteiger partial charge is 0.242 e. The van der Waals surface area contributed by atoms with Gasteiger partial charge in [0, 0.05) is 127 Å². The molecule has 5 aromatic rings. The molecule has 5 saturated heterocycles. The van der Waals surface area contributed by atoms with Crippen LogP contribution in [0.15, 0.2) is 109 Å². The summed E-state index contributed by atoms with van der Waals surface area (Å²) in [5.41, 5.74) is 8.55. The fraction of sp³-hybridized carbons (Fsp3) is 0.592. The molecule has 646 valence electrons. The Morgan fingerprint density at radius 1 is 0.355 bits per heavy atom. The van der Waals surface area contributed by atoms with Crippen molar-refractivity contribution in [2.45, 2.75) is 230 Å². The molecule has 121 heavy (non-hydrogen) atoms. The number of fused-ring (bicyclic) bond motifs is 15. The van der Waals surface area contributed by atoms with Crippen molar-refractivity contribution in [2.24, 2.45) is 41.4 Å². The van der Waals surface area contributed by atoms with E-state index in [-0.39, 0.29) is 122 Å². The van der Waals surface area contributed by atoms with E-state index in [1.165, 1.54) is 35.4 Å². The second kappa shape index (κ2) is 37.3. The molecule has 5 atom stereocenters. The van der Waals surface area contributed by atoms with Crippen molar-refractivity contribution in [3.05, 3.63) is 176 Å². The molecule has 10 heterocycles. The van der Waals surface area contributed by atoms with E-state index in [1.54, 1.807) is 65.5 Å². The quantitative estimate of drug-likeness (QED) is 0.163. The van der Waals surface area contributed by atoms with Gasteiger partial charge in [0.25, 0.3) is 0 Å². The molecule has 20 nitrogen and oxygen atoms in total. The number of piperazine rings is 5. The lowest BCUT2D eigenvalue weighted by atomic mass is 9.80. The van der Waals surface area contributed by atoms with Crippen molar-refractivity contribution < 1.29 is 92.6 Å². The SMILES string of the molecule is CC1(F)CCC(C(=O)N2CC(=O)N3CCc4ccc(F)cc4C3C2)CC1.[2H]C1(C)CCC(C(=O)N2CC(=O)N3CCc4ccc(F)cc4C3C2)CC1.[2H]C1([2H])C(C(=O)N2CC(=O)N3CCc4ccccc4C3C2)C([2H])([2H])C([2H])([2H])C([2H])(C)C1([2H])[2H].[2H]C1([2H])C([2H])([2H])C([2H])([2H])C([2H])(C(=O)N2CC(=O)N3CCc4ccccc4C3C2)C([2H])([2H])C1([2H])[2H].[2H]C1([2H])CCC(C(=O)N2CC(=O)N3CCc4ccccc4C3C2)CC1. The van der Waals surface area contributed by atoms with E-state index in [0.29, 0.717) is 129 Å². The van der Waals surface area contributed by atoms with E-state index in [9.17, 15) is 61.1 Å². The zero-order valence-electron chi connectivity index (χ0n) is 91.9. The minimum absolute atomic E-state index is 0.0250. The lowest BCUT2D eigenvalue weighted by molar-refractivity contribution is -0.152. The van der Waals surface area contributed by atoms with E-state index in [4.69, 9.17) is 31.5 Å². The number of hydrogen-bond donors (Lipinski definition) is 0. The molecule has 5 saturated carbocycles. The molecular formula is C98H123F3N10O10. The van der Waals surface area contributed by atoms with Gasteiger partial charge in [0.2, 0.25) is 59.1 Å². The monoisotopic (exact) mass is 1680 g/mol. The fourth-order valence-corrected chi connectivity index (χ4v) is 20.1. The van der Waals surface area contributed by atoms with Crippen molar-refractivity contribution in [3.8, 4) is 0 Å². The highest BCUT2D eigenvalue weighted by atomic mass is 19.1. The normalized spacial score (nSPS) is 36.7. The Labute approximate surface area is 743 Å². The van der Waals surface area contributed by atoms with Crippen LogP contribution in [-0.4, -0.2) is 212 Å². The van der Waals surface area contributed by atoms with Gasteiger partial charge in [0.1, 0.15) is 17.3 Å². The molecule has 0 N–H and O–H groups in total. The van der Waals surface area contributed by atoms with Gasteiger partial charge in [-0.05, 0) is 233 Å². The molecule has 10 amide bonds. The summed E-state index contributed by atoms with van der Waals surface area (Å²) in [6.45, 7) is 7.58. The minimum atomic E-state index is -3.79. The van der Waals surface area contributed by atoms with Crippen molar-refractivity contribution in [1.82, 2.24) is 49.0 Å². The van der Waals surface area contributed by atoms with Crippen LogP contribution >= 0.6 is 0 Å². The van der Waals surface area contributed by atoms with E-state index in [1.807, 2.05) is 60.4 Å². The summed E-state index contributed by atoms with van der Waals surface area (Å²) in [5, 5.41) is 0. The van der Waals surface area contributed by atoms with Gasteiger partial charge in [0.05, 0.1) is 62.9 Å². The van der Waals surface area contributed by atoms with Crippen molar-refractivity contribution in [2.75, 3.05) is 98.2 Å². The minimum Gasteiger partial charge on any atom is -0.332 e. The average molecular weight is 1680 g/mol. The molecule has 5 unspecified atom stereocenters. The second-order valence-corrected chi connectivity index (χ2v) is 34.6. The molecule has 20 rings (SSSR count). The Morgan fingerprint density at radius 3 is 1.04 bits per heavy atom. The van der Waals surface area contributed by atoms with Crippen LogP contribution in [-0.2, 0) is 80.0 Å². The lowest BCUT2D eigenvalue weighted by Gasteiger charge is -2.45. The number of carbonyl (C=O) groups is 10. The third kappa shape index (κ3) is 18.9. The van der Waals surface area contributed by atoms with E-state index in [0.717, 1.165) is 93.5 Å². The van der Waals surface area contributed by atoms with E-state index < -0.39 is 136 Å². The Morgan fingerprint density at radius 2 is 0.669 bits per heavy atom. The molecule has 0 aromatic heterocycles. The lowest BCUT2D eigenvalue weighted by Crippen LogP contribution is -2.57. The maximum Gasteiger partial charge on any atom is 0.242 e. The summed E-state index contributed by atoms with van der Waals surface area (Å²) in [6, 6.07) is 30.6. The van der Waals surface area contributed by atoms with Crippen LogP contribution in [0.25, 0.3) is 0 Å². The Balaban J connectivity index is 0.000000130. The van der Waals surface area contributed by atoms with Gasteiger partial charge in [-0.25, -0.2) is 13.2 Å². The Bertz CT molecular complexity index is 5690. The zero-order valence-corrected chi connectivity index (χ0v) is 68.9. The predicted octanol–water partition coefficient (Wildman–Crippen LogP) is 13.8. The summed E-state index contributed by atoms with van der Waals surface area (Å²) < 4.78 is 230. The number of nitrogens with zero attached hydrogens (tertiary/aromatic N) is 10. The van der Waals surface area contributed by atoms with Crippen molar-refractivity contribution in [1.29, 1.82) is 0 Å². The maximum absolute atomic E-state index is 14.0. The van der Waals surface area contributed by atoms with E-state index >= 15 is 0 Å². The summed E-state index contributed by atoms with van der Waals surface area (Å²) in [6.07, 6.45) is -22.5. The van der Waals surface area contributed by atoms with Crippen LogP contribution in [0.2, 0.25) is 0 Å². The number of amides is 10. The van der Waals surface area contributed by atoms with Gasteiger partial charge in [-0.1, -0.05) is 137 Å². The molecule has 0 radical (unpaired) electrons. The number of hydrogen-bond acceptors (Lipinski definition) is 10. The van der Waals surface area contributed by atoms with Gasteiger partial charge in [-0.15, -0.1) is 0 Å². The van der Waals surface area contributed by atoms with Crippen molar-refractivity contribution >= 4 is 59.1 Å². The summed E-state index contributed by atoms with van der Waals surface area (Å²) in [7, 11) is 0. The molecule has 10 aliphatic heterocycles. The predicted molar refractivity (Wildman–Crippen MR) is 453 cm³/mol. The second-order valence-electron chi connectivity index (χ2n) is 34.6. The highest BCUT2D eigenvalue weighted by Crippen LogP contribution is 2.44. The number of alkyl halides is 1. The first-order valence-electron chi connectivity index (χ1n) is 54.4. The number of carbonyl (C=O) groups excluding carboxylic acids is 10. The zero-order chi connectivity index (χ0) is 105. The molecule has 5 aliphatic carbocycles. The first-order valence-corrected chi connectivity index (χ1v) is 42.9. The van der Waals surface area contributed by atoms with Gasteiger partial charge >= 0.3 is 0 Å². The molecule has 0 bridgehead atoms. The van der Waals surface area contributed by atoms with E-state index in [2.05, 4.69) is 12.1 Å².